The summed E-state index contributed by atoms with van der Waals surface area (Å²) < 4.78 is 19.9. The molecule has 0 bridgehead atoms. The Bertz CT molecular complexity index is 1080. The topological polar surface area (TPSA) is 189 Å². The molecule has 2 aliphatic heterocycles. The van der Waals surface area contributed by atoms with Crippen LogP contribution >= 0.6 is 11.8 Å². The maximum Gasteiger partial charge on any atom is 0.404 e. The highest BCUT2D eigenvalue weighted by molar-refractivity contribution is 8.00. The second-order valence-corrected chi connectivity index (χ2v) is 8.21. The maximum atomic E-state index is 13.0. The van der Waals surface area contributed by atoms with E-state index in [0.717, 1.165) is 11.8 Å². The number of carbonyl (C=O) groups is 5. The van der Waals surface area contributed by atoms with Crippen LogP contribution in [0.3, 0.4) is 0 Å². The fourth-order valence-electron chi connectivity index (χ4n) is 3.32. The van der Waals surface area contributed by atoms with E-state index in [4.69, 9.17) is 29.2 Å². The van der Waals surface area contributed by atoms with E-state index in [1.807, 2.05) is 0 Å². The number of esters is 2. The zero-order valence-electron chi connectivity index (χ0n) is 18.8. The second kappa shape index (κ2) is 10.9. The van der Waals surface area contributed by atoms with Crippen LogP contribution in [0.4, 0.5) is 4.79 Å². The van der Waals surface area contributed by atoms with Gasteiger partial charge >= 0.3 is 18.0 Å². The van der Waals surface area contributed by atoms with E-state index in [-0.39, 0.29) is 35.1 Å². The molecule has 3 heterocycles. The van der Waals surface area contributed by atoms with Gasteiger partial charge in [-0.2, -0.15) is 0 Å². The number of nitrogens with zero attached hydrogens (tertiary/aromatic N) is 2. The minimum absolute atomic E-state index is 0.124. The van der Waals surface area contributed by atoms with E-state index in [1.54, 1.807) is 6.07 Å². The number of primary amides is 1. The Balaban J connectivity index is 1.80. The molecule has 0 aromatic carbocycles. The molecule has 3 atom stereocenters. The van der Waals surface area contributed by atoms with E-state index < -0.39 is 47.6 Å². The molecule has 3 rings (SSSR count). The highest BCUT2D eigenvalue weighted by atomic mass is 32.2. The lowest BCUT2D eigenvalue weighted by Crippen LogP contribution is -2.71. The molecule has 3 N–H and O–H groups in total. The van der Waals surface area contributed by atoms with Gasteiger partial charge in [0.2, 0.25) is 12.0 Å². The van der Waals surface area contributed by atoms with Gasteiger partial charge in [-0.15, -0.1) is 11.8 Å². The summed E-state index contributed by atoms with van der Waals surface area (Å²) in [4.78, 5) is 66.7. The van der Waals surface area contributed by atoms with Crippen molar-refractivity contribution in [1.82, 2.24) is 10.2 Å². The number of fused-ring (bicyclic) bond motifs is 1. The summed E-state index contributed by atoms with van der Waals surface area (Å²) in [7, 11) is 1.25. The second-order valence-electron chi connectivity index (χ2n) is 7.10. The number of carbonyl (C=O) groups excluding carboxylic acids is 5. The van der Waals surface area contributed by atoms with Crippen molar-refractivity contribution in [3.8, 4) is 0 Å². The predicted octanol–water partition coefficient (Wildman–Crippen LogP) is -0.168. The maximum absolute atomic E-state index is 13.0. The van der Waals surface area contributed by atoms with Gasteiger partial charge in [0, 0.05) is 25.2 Å². The number of ether oxygens (including phenoxy) is 3. The van der Waals surface area contributed by atoms with Gasteiger partial charge < -0.3 is 34.5 Å². The first kappa shape index (κ1) is 25.6. The Morgan fingerprint density at radius 1 is 1.34 bits per heavy atom. The molecule has 1 aromatic heterocycles. The lowest BCUT2D eigenvalue weighted by Gasteiger charge is -2.49. The van der Waals surface area contributed by atoms with Gasteiger partial charge in [0.15, 0.2) is 5.76 Å². The third kappa shape index (κ3) is 5.74. The fraction of sp³-hybridized carbons (Fsp3) is 0.400. The van der Waals surface area contributed by atoms with Crippen LogP contribution in [0.25, 0.3) is 0 Å². The number of rotatable bonds is 9. The first-order chi connectivity index (χ1) is 16.6. The average Bonchev–Trinajstić information content (AvgIpc) is 3.32. The Kier molecular flexibility index (Phi) is 8.01. The Morgan fingerprint density at radius 2 is 2.09 bits per heavy atom. The summed E-state index contributed by atoms with van der Waals surface area (Å²) in [5.74, 6) is -2.75. The molecular formula is C20H22N4O10S. The summed E-state index contributed by atoms with van der Waals surface area (Å²) in [5, 5.41) is 5.53. The Hall–Kier alpha value is -4.01. The smallest absolute Gasteiger partial charge is 0.404 e. The van der Waals surface area contributed by atoms with Crippen molar-refractivity contribution >= 4 is 47.3 Å². The third-order valence-corrected chi connectivity index (χ3v) is 6.01. The van der Waals surface area contributed by atoms with Gasteiger partial charge in [0.05, 0.1) is 6.26 Å². The van der Waals surface area contributed by atoms with Crippen LogP contribution < -0.4 is 11.1 Å². The van der Waals surface area contributed by atoms with Crippen LogP contribution in [0.1, 0.15) is 19.6 Å². The molecule has 15 heteroatoms. The van der Waals surface area contributed by atoms with Crippen molar-refractivity contribution < 1.29 is 47.4 Å². The molecule has 1 unspecified atom stereocenters. The van der Waals surface area contributed by atoms with Crippen molar-refractivity contribution in [3.63, 3.8) is 0 Å². The highest BCUT2D eigenvalue weighted by Crippen LogP contribution is 2.41. The number of amides is 3. The number of nitrogens with one attached hydrogen (secondary N) is 1. The third-order valence-electron chi connectivity index (χ3n) is 4.67. The standard InChI is InChI=1S/C20H22N4O10S/c1-9(25)33-10(2)34-19(28)15-11(7-32-20(21)29)8-35-18-14(17(27)24(15)18)22-16(26)13(23-30-3)12-5-4-6-31-12/h4-6,10,14,18H,7-8H2,1-3H3,(H2,21,29)(H,22,26)/t10-,14?,18+/m1/s1. The molecule has 1 fully saturated rings. The van der Waals surface area contributed by atoms with Gasteiger partial charge in [-0.05, 0) is 12.1 Å². The fourth-order valence-corrected chi connectivity index (χ4v) is 4.65. The van der Waals surface area contributed by atoms with Crippen molar-refractivity contribution in [2.75, 3.05) is 19.5 Å². The molecule has 3 amide bonds. The number of furan rings is 1. The molecule has 14 nitrogen and oxygen atoms in total. The van der Waals surface area contributed by atoms with Crippen LogP contribution in [0.5, 0.6) is 0 Å². The Morgan fingerprint density at radius 3 is 2.69 bits per heavy atom. The number of nitrogens with two attached hydrogens (primary N) is 1. The summed E-state index contributed by atoms with van der Waals surface area (Å²) in [6.07, 6.45) is -0.976. The first-order valence-corrected chi connectivity index (χ1v) is 11.1. The van der Waals surface area contributed by atoms with Gasteiger partial charge in [-0.3, -0.25) is 19.3 Å². The lowest BCUT2D eigenvalue weighted by molar-refractivity contribution is -0.182. The minimum Gasteiger partial charge on any atom is -0.462 e. The van der Waals surface area contributed by atoms with E-state index in [9.17, 15) is 24.0 Å². The molecule has 35 heavy (non-hydrogen) atoms. The number of hydrogen-bond acceptors (Lipinski definition) is 12. The summed E-state index contributed by atoms with van der Waals surface area (Å²) in [5.41, 5.74) is 4.89. The van der Waals surface area contributed by atoms with Gasteiger partial charge in [0.1, 0.15) is 30.8 Å². The van der Waals surface area contributed by atoms with Gasteiger partial charge in [0.25, 0.3) is 11.8 Å². The summed E-state index contributed by atoms with van der Waals surface area (Å²) >= 11 is 1.21. The highest BCUT2D eigenvalue weighted by Gasteiger charge is 2.55. The molecule has 2 aliphatic rings. The average molecular weight is 510 g/mol. The quantitative estimate of drug-likeness (QED) is 0.147. The van der Waals surface area contributed by atoms with Crippen LogP contribution in [0.2, 0.25) is 0 Å². The molecule has 0 saturated carbocycles. The minimum atomic E-state index is -1.24. The number of hydrogen-bond donors (Lipinski definition) is 2. The Labute approximate surface area is 202 Å². The van der Waals surface area contributed by atoms with Crippen LogP contribution in [0, 0.1) is 0 Å². The molecule has 1 saturated heterocycles. The largest absolute Gasteiger partial charge is 0.462 e. The molecule has 188 valence electrons. The summed E-state index contributed by atoms with van der Waals surface area (Å²) in [6, 6.07) is 2.03. The first-order valence-electron chi connectivity index (χ1n) is 10.1. The summed E-state index contributed by atoms with van der Waals surface area (Å²) in [6.45, 7) is 2.09. The van der Waals surface area contributed by atoms with Gasteiger partial charge in [-0.25, -0.2) is 9.59 Å². The molecule has 0 radical (unpaired) electrons. The zero-order valence-corrected chi connectivity index (χ0v) is 19.7. The molecule has 0 aliphatic carbocycles. The van der Waals surface area contributed by atoms with Crippen LogP contribution in [-0.4, -0.2) is 77.6 Å². The van der Waals surface area contributed by atoms with Crippen molar-refractivity contribution in [2.45, 2.75) is 31.6 Å². The van der Waals surface area contributed by atoms with Gasteiger partial charge in [-0.1, -0.05) is 5.16 Å². The van der Waals surface area contributed by atoms with Crippen LogP contribution in [-0.2, 0) is 38.2 Å². The zero-order chi connectivity index (χ0) is 25.7. The SMILES string of the molecule is CON=C(C(=O)NC1C(=O)N2C(C(=O)O[C@H](C)OC(C)=O)=C(COC(N)=O)CS[C@@H]12)c1ccco1. The van der Waals surface area contributed by atoms with Crippen molar-refractivity contribution in [3.05, 3.63) is 35.4 Å². The van der Waals surface area contributed by atoms with Crippen LogP contribution in [0.15, 0.2) is 39.2 Å². The lowest BCUT2D eigenvalue weighted by atomic mass is 10.0. The predicted molar refractivity (Wildman–Crippen MR) is 117 cm³/mol. The molecule has 1 aromatic rings. The normalized spacial score (nSPS) is 20.3. The van der Waals surface area contributed by atoms with Crippen molar-refractivity contribution in [1.29, 1.82) is 0 Å². The van der Waals surface area contributed by atoms with E-state index in [0.29, 0.717) is 0 Å². The monoisotopic (exact) mass is 510 g/mol. The number of β-lactam (4-membered cyclic amide) rings is 1. The number of oxime groups is 1. The number of thioether (sulfide) groups is 1. The van der Waals surface area contributed by atoms with Crippen molar-refractivity contribution in [2.24, 2.45) is 10.9 Å². The molecular weight excluding hydrogens is 488 g/mol. The molecule has 0 spiro atoms. The van der Waals surface area contributed by atoms with E-state index in [1.165, 1.54) is 38.1 Å². The van der Waals surface area contributed by atoms with E-state index >= 15 is 0 Å². The van der Waals surface area contributed by atoms with E-state index in [2.05, 4.69) is 10.5 Å².